The Morgan fingerprint density at radius 2 is 0.641 bits per heavy atom. The normalized spacial score (nSPS) is 12.6. The first-order chi connectivity index (χ1) is 38.5. The molecule has 0 saturated carbocycles. The van der Waals surface area contributed by atoms with E-state index < -0.39 is 12.1 Å². The fourth-order valence-corrected chi connectivity index (χ4v) is 11.3. The van der Waals surface area contributed by atoms with Crippen LogP contribution in [0.5, 0.6) is 0 Å². The second-order valence-electron chi connectivity index (χ2n) is 24.6. The number of carbonyl (C=O) groups excluding carboxylic acids is 2. The molecule has 0 aromatic carbocycles. The first-order valence-electron chi connectivity index (χ1n) is 35.6. The lowest BCUT2D eigenvalue weighted by Crippen LogP contribution is -2.45. The number of unbranched alkanes of at least 4 members (excludes halogenated alkanes) is 52. The molecule has 0 fully saturated rings. The van der Waals surface area contributed by atoms with E-state index in [1.165, 1.54) is 315 Å². The van der Waals surface area contributed by atoms with Gasteiger partial charge in [-0.2, -0.15) is 0 Å². The van der Waals surface area contributed by atoms with Crippen LogP contribution in [0, 0.1) is 0 Å². The number of amides is 1. The number of aliphatic hydroxyl groups is 2. The van der Waals surface area contributed by atoms with Crippen LogP contribution in [0.25, 0.3) is 0 Å². The van der Waals surface area contributed by atoms with Gasteiger partial charge in [-0.25, -0.2) is 0 Å². The Morgan fingerprint density at radius 1 is 0.359 bits per heavy atom. The smallest absolute Gasteiger partial charge is 0.305 e. The maximum absolute atomic E-state index is 12.5. The van der Waals surface area contributed by atoms with Crippen molar-refractivity contribution in [3.8, 4) is 0 Å². The van der Waals surface area contributed by atoms with Crippen LogP contribution < -0.4 is 5.32 Å². The van der Waals surface area contributed by atoms with Gasteiger partial charge in [0.05, 0.1) is 25.4 Å². The highest BCUT2D eigenvalue weighted by Crippen LogP contribution is 2.19. The van der Waals surface area contributed by atoms with E-state index in [2.05, 4.69) is 43.5 Å². The van der Waals surface area contributed by atoms with Crippen molar-refractivity contribution in [1.29, 1.82) is 0 Å². The van der Waals surface area contributed by atoms with Gasteiger partial charge in [0, 0.05) is 12.8 Å². The van der Waals surface area contributed by atoms with Crippen molar-refractivity contribution < 1.29 is 24.5 Å². The molecule has 3 N–H and O–H groups in total. The quantitative estimate of drug-likeness (QED) is 0.0320. The minimum atomic E-state index is -0.664. The van der Waals surface area contributed by atoms with Gasteiger partial charge in [-0.05, 0) is 57.8 Å². The Bertz CT molecular complexity index is 1220. The van der Waals surface area contributed by atoms with Crippen molar-refractivity contribution in [3.63, 3.8) is 0 Å². The zero-order chi connectivity index (χ0) is 56.4. The van der Waals surface area contributed by atoms with Crippen LogP contribution in [0.4, 0.5) is 0 Å². The second-order valence-corrected chi connectivity index (χ2v) is 24.6. The van der Waals surface area contributed by atoms with E-state index in [9.17, 15) is 19.8 Å². The van der Waals surface area contributed by atoms with Crippen molar-refractivity contribution in [1.82, 2.24) is 5.32 Å². The van der Waals surface area contributed by atoms with Crippen molar-refractivity contribution in [2.75, 3.05) is 13.2 Å². The molecule has 0 radical (unpaired) electrons. The summed E-state index contributed by atoms with van der Waals surface area (Å²) in [6.07, 6.45) is 85.0. The van der Waals surface area contributed by atoms with Gasteiger partial charge in [-0.1, -0.05) is 353 Å². The maximum Gasteiger partial charge on any atom is 0.305 e. The Kier molecular flexibility index (Phi) is 66.4. The summed E-state index contributed by atoms with van der Waals surface area (Å²) in [5, 5.41) is 23.4. The standard InChI is InChI=1S/C72H139NO5/c1-3-5-7-9-11-13-15-17-19-21-29-34-38-42-46-50-54-58-62-66-72(77)78-67-63-59-55-51-47-43-39-35-31-28-26-24-23-25-27-30-33-37-41-45-49-53-57-61-65-71(76)73-69(68-74)70(75)64-60-56-52-48-44-40-36-32-22-20-18-16-14-12-10-8-6-4-2/h11,13,17,19,69-70,74-75H,3-10,12,14-16,18,20-68H2,1-2H3,(H,73,76)/b13-11-,19-17-. The summed E-state index contributed by atoms with van der Waals surface area (Å²) in [4.78, 5) is 24.6. The Balaban J connectivity index is 3.35. The van der Waals surface area contributed by atoms with Crippen LogP contribution in [-0.2, 0) is 14.3 Å². The summed E-state index contributed by atoms with van der Waals surface area (Å²) < 4.78 is 5.51. The van der Waals surface area contributed by atoms with Gasteiger partial charge >= 0.3 is 5.97 Å². The first kappa shape index (κ1) is 76.3. The molecule has 0 aromatic rings. The SMILES string of the molecule is CCCCC/C=C\C/C=C\CCCCCCCCCCCC(=O)OCCCCCCCCCCCCCCCCCCCCCCCCCCC(=O)NC(CO)C(O)CCCCCCCCCCCCCCCCCCCC. The van der Waals surface area contributed by atoms with Gasteiger partial charge in [-0.3, -0.25) is 9.59 Å². The third-order valence-corrected chi connectivity index (χ3v) is 16.8. The average molecular weight is 1100 g/mol. The van der Waals surface area contributed by atoms with Crippen LogP contribution in [0.3, 0.4) is 0 Å². The fourth-order valence-electron chi connectivity index (χ4n) is 11.3. The summed E-state index contributed by atoms with van der Waals surface area (Å²) in [7, 11) is 0. The van der Waals surface area contributed by atoms with Gasteiger partial charge in [0.1, 0.15) is 0 Å². The molecule has 0 aliphatic heterocycles. The molecule has 0 saturated heterocycles. The topological polar surface area (TPSA) is 95.9 Å². The van der Waals surface area contributed by atoms with E-state index in [4.69, 9.17) is 4.74 Å². The third kappa shape index (κ3) is 63.5. The Morgan fingerprint density at radius 3 is 1.00 bits per heavy atom. The summed E-state index contributed by atoms with van der Waals surface area (Å²) in [6, 6.07) is -0.541. The zero-order valence-corrected chi connectivity index (χ0v) is 52.9. The van der Waals surface area contributed by atoms with E-state index in [1.807, 2.05) is 0 Å². The van der Waals surface area contributed by atoms with E-state index in [0.29, 0.717) is 25.9 Å². The number of esters is 1. The number of hydrogen-bond donors (Lipinski definition) is 3. The number of aliphatic hydroxyl groups excluding tert-OH is 2. The summed E-state index contributed by atoms with van der Waals surface area (Å²) in [6.45, 7) is 4.97. The van der Waals surface area contributed by atoms with Gasteiger partial charge in [0.25, 0.3) is 0 Å². The summed E-state index contributed by atoms with van der Waals surface area (Å²) >= 11 is 0. The lowest BCUT2D eigenvalue weighted by molar-refractivity contribution is -0.143. The molecule has 2 atom stereocenters. The fraction of sp³-hybridized carbons (Fsp3) is 0.917. The number of nitrogens with one attached hydrogen (secondary N) is 1. The van der Waals surface area contributed by atoms with E-state index in [0.717, 1.165) is 51.4 Å². The molecular formula is C72H139NO5. The van der Waals surface area contributed by atoms with E-state index in [-0.39, 0.29) is 18.5 Å². The molecule has 0 heterocycles. The monoisotopic (exact) mass is 1100 g/mol. The Labute approximate surface area is 488 Å². The van der Waals surface area contributed by atoms with Gasteiger partial charge < -0.3 is 20.3 Å². The van der Waals surface area contributed by atoms with Crippen molar-refractivity contribution in [2.45, 2.75) is 411 Å². The average Bonchev–Trinajstić information content (AvgIpc) is 3.44. The predicted molar refractivity (Wildman–Crippen MR) is 343 cm³/mol. The number of hydrogen-bond acceptors (Lipinski definition) is 5. The van der Waals surface area contributed by atoms with Crippen LogP contribution in [0.2, 0.25) is 0 Å². The van der Waals surface area contributed by atoms with E-state index in [1.54, 1.807) is 0 Å². The molecule has 462 valence electrons. The van der Waals surface area contributed by atoms with Gasteiger partial charge in [-0.15, -0.1) is 0 Å². The number of ether oxygens (including phenoxy) is 1. The van der Waals surface area contributed by atoms with Crippen LogP contribution >= 0.6 is 0 Å². The molecular weight excluding hydrogens is 959 g/mol. The van der Waals surface area contributed by atoms with E-state index >= 15 is 0 Å². The van der Waals surface area contributed by atoms with Crippen LogP contribution in [-0.4, -0.2) is 47.4 Å². The molecule has 78 heavy (non-hydrogen) atoms. The zero-order valence-electron chi connectivity index (χ0n) is 52.9. The van der Waals surface area contributed by atoms with Crippen molar-refractivity contribution in [3.05, 3.63) is 24.3 Å². The molecule has 0 aliphatic carbocycles. The summed E-state index contributed by atoms with van der Waals surface area (Å²) in [5.74, 6) is -0.0173. The molecule has 0 spiro atoms. The molecule has 0 aromatic heterocycles. The molecule has 0 rings (SSSR count). The third-order valence-electron chi connectivity index (χ3n) is 16.8. The second kappa shape index (κ2) is 67.8. The molecule has 1 amide bonds. The number of rotatable bonds is 67. The lowest BCUT2D eigenvalue weighted by atomic mass is 10.0. The predicted octanol–water partition coefficient (Wildman–Crippen LogP) is 22.9. The molecule has 6 heteroatoms. The maximum atomic E-state index is 12.5. The highest BCUT2D eigenvalue weighted by molar-refractivity contribution is 5.76. The largest absolute Gasteiger partial charge is 0.466 e. The van der Waals surface area contributed by atoms with Crippen molar-refractivity contribution >= 4 is 11.9 Å². The van der Waals surface area contributed by atoms with Gasteiger partial charge in [0.15, 0.2) is 0 Å². The molecule has 0 bridgehead atoms. The van der Waals surface area contributed by atoms with Crippen LogP contribution in [0.1, 0.15) is 399 Å². The van der Waals surface area contributed by atoms with Crippen LogP contribution in [0.15, 0.2) is 24.3 Å². The summed E-state index contributed by atoms with van der Waals surface area (Å²) in [5.41, 5.74) is 0. The highest BCUT2D eigenvalue weighted by atomic mass is 16.5. The first-order valence-corrected chi connectivity index (χ1v) is 35.6. The lowest BCUT2D eigenvalue weighted by Gasteiger charge is -2.22. The minimum absolute atomic E-state index is 0.0126. The molecule has 0 aliphatic rings. The highest BCUT2D eigenvalue weighted by Gasteiger charge is 2.20. The Hall–Kier alpha value is -1.66. The molecule has 6 nitrogen and oxygen atoms in total. The van der Waals surface area contributed by atoms with Gasteiger partial charge in [0.2, 0.25) is 5.91 Å². The minimum Gasteiger partial charge on any atom is -0.466 e. The number of carbonyl (C=O) groups is 2. The number of allylic oxidation sites excluding steroid dienone is 4. The molecule has 2 unspecified atom stereocenters. The van der Waals surface area contributed by atoms with Crippen molar-refractivity contribution in [2.24, 2.45) is 0 Å².